The summed E-state index contributed by atoms with van der Waals surface area (Å²) in [6.07, 6.45) is 3.15. The van der Waals surface area contributed by atoms with Gasteiger partial charge in [-0.05, 0) is 38.0 Å². The van der Waals surface area contributed by atoms with Crippen molar-refractivity contribution >= 4 is 11.8 Å². The van der Waals surface area contributed by atoms with E-state index in [4.69, 9.17) is 5.11 Å². The van der Waals surface area contributed by atoms with Gasteiger partial charge in [-0.1, -0.05) is 6.07 Å². The molecule has 0 amide bonds. The van der Waals surface area contributed by atoms with Crippen LogP contribution in [0.5, 0.6) is 5.75 Å². The number of phenolic OH excluding ortho intramolecular Hbond substituents is 1. The van der Waals surface area contributed by atoms with E-state index in [0.717, 1.165) is 24.8 Å². The Morgan fingerprint density at radius 1 is 1.50 bits per heavy atom. The van der Waals surface area contributed by atoms with Crippen LogP contribution in [0, 0.1) is 5.82 Å². The van der Waals surface area contributed by atoms with Crippen molar-refractivity contribution in [3.63, 3.8) is 0 Å². The monoisotopic (exact) mass is 243 g/mol. The molecule has 0 saturated carbocycles. The van der Waals surface area contributed by atoms with E-state index in [-0.39, 0.29) is 17.6 Å². The van der Waals surface area contributed by atoms with Gasteiger partial charge in [0.15, 0.2) is 0 Å². The molecule has 0 bridgehead atoms. The fourth-order valence-corrected chi connectivity index (χ4v) is 1.95. The van der Waals surface area contributed by atoms with Crippen molar-refractivity contribution in [2.45, 2.75) is 19.4 Å². The molecule has 0 heterocycles. The minimum atomic E-state index is -0.357. The SMILES string of the molecule is CSCCCNC(C)c1ccc(O)cc1F. The first-order chi connectivity index (χ1) is 7.65. The highest BCUT2D eigenvalue weighted by Crippen LogP contribution is 2.20. The maximum atomic E-state index is 13.5. The smallest absolute Gasteiger partial charge is 0.131 e. The van der Waals surface area contributed by atoms with Crippen LogP contribution >= 0.6 is 11.8 Å². The molecule has 1 unspecified atom stereocenters. The Kier molecular flexibility index (Phi) is 5.63. The van der Waals surface area contributed by atoms with Crippen LogP contribution in [0.25, 0.3) is 0 Å². The molecule has 2 N–H and O–H groups in total. The molecule has 1 atom stereocenters. The Balaban J connectivity index is 2.49. The lowest BCUT2D eigenvalue weighted by Gasteiger charge is -2.14. The van der Waals surface area contributed by atoms with Gasteiger partial charge in [-0.25, -0.2) is 4.39 Å². The first-order valence-corrected chi connectivity index (χ1v) is 6.75. The van der Waals surface area contributed by atoms with E-state index in [2.05, 4.69) is 11.6 Å². The van der Waals surface area contributed by atoms with Gasteiger partial charge in [0.2, 0.25) is 0 Å². The Bertz CT molecular complexity index is 333. The van der Waals surface area contributed by atoms with Crippen LogP contribution < -0.4 is 5.32 Å². The predicted octanol–water partition coefficient (Wildman–Crippen LogP) is 2.94. The zero-order valence-corrected chi connectivity index (χ0v) is 10.5. The standard InChI is InChI=1S/C12H18FNOS/c1-9(14-6-3-7-16-2)11-5-4-10(15)8-12(11)13/h4-5,8-9,14-15H,3,6-7H2,1-2H3. The quantitative estimate of drug-likeness (QED) is 0.753. The van der Waals surface area contributed by atoms with E-state index in [9.17, 15) is 4.39 Å². The largest absolute Gasteiger partial charge is 0.508 e. The maximum Gasteiger partial charge on any atom is 0.131 e. The highest BCUT2D eigenvalue weighted by Gasteiger charge is 2.10. The predicted molar refractivity (Wildman–Crippen MR) is 67.5 cm³/mol. The lowest BCUT2D eigenvalue weighted by atomic mass is 10.1. The second-order valence-corrected chi connectivity index (χ2v) is 4.71. The van der Waals surface area contributed by atoms with Crippen molar-refractivity contribution < 1.29 is 9.50 Å². The Morgan fingerprint density at radius 2 is 2.25 bits per heavy atom. The second-order valence-electron chi connectivity index (χ2n) is 3.73. The van der Waals surface area contributed by atoms with Crippen LogP contribution in [0.1, 0.15) is 24.9 Å². The molecule has 16 heavy (non-hydrogen) atoms. The number of aromatic hydroxyl groups is 1. The van der Waals surface area contributed by atoms with Crippen molar-refractivity contribution in [2.24, 2.45) is 0 Å². The van der Waals surface area contributed by atoms with E-state index < -0.39 is 0 Å². The fraction of sp³-hybridized carbons (Fsp3) is 0.500. The van der Waals surface area contributed by atoms with Crippen LogP contribution in [0.15, 0.2) is 18.2 Å². The van der Waals surface area contributed by atoms with Gasteiger partial charge in [0.05, 0.1) is 0 Å². The molecule has 1 aromatic rings. The molecular formula is C12H18FNOS. The van der Waals surface area contributed by atoms with E-state index in [1.54, 1.807) is 6.07 Å². The molecule has 0 fully saturated rings. The molecular weight excluding hydrogens is 225 g/mol. The molecule has 0 aliphatic heterocycles. The average molecular weight is 243 g/mol. The lowest BCUT2D eigenvalue weighted by Crippen LogP contribution is -2.21. The third-order valence-corrected chi connectivity index (χ3v) is 3.12. The van der Waals surface area contributed by atoms with Gasteiger partial charge in [0.25, 0.3) is 0 Å². The Morgan fingerprint density at radius 3 is 2.88 bits per heavy atom. The van der Waals surface area contributed by atoms with Gasteiger partial charge in [-0.3, -0.25) is 0 Å². The second kappa shape index (κ2) is 6.76. The molecule has 0 aliphatic rings. The number of thioether (sulfide) groups is 1. The summed E-state index contributed by atoms with van der Waals surface area (Å²) in [6, 6.07) is 4.26. The highest BCUT2D eigenvalue weighted by atomic mass is 32.2. The van der Waals surface area contributed by atoms with Crippen LogP contribution in [0.4, 0.5) is 4.39 Å². The van der Waals surface area contributed by atoms with E-state index in [0.29, 0.717) is 5.56 Å². The van der Waals surface area contributed by atoms with Crippen molar-refractivity contribution in [3.8, 4) is 5.75 Å². The maximum absolute atomic E-state index is 13.5. The Labute approximate surface area is 100 Å². The molecule has 0 aromatic heterocycles. The number of nitrogens with one attached hydrogen (secondary N) is 1. The molecule has 1 rings (SSSR count). The molecule has 0 radical (unpaired) electrons. The molecule has 0 aliphatic carbocycles. The van der Waals surface area contributed by atoms with Crippen LogP contribution in [0.3, 0.4) is 0 Å². The summed E-state index contributed by atoms with van der Waals surface area (Å²) in [5.41, 5.74) is 0.599. The van der Waals surface area contributed by atoms with Gasteiger partial charge in [-0.15, -0.1) is 0 Å². The summed E-state index contributed by atoms with van der Waals surface area (Å²) >= 11 is 1.81. The zero-order chi connectivity index (χ0) is 12.0. The molecule has 4 heteroatoms. The topological polar surface area (TPSA) is 32.3 Å². The number of rotatable bonds is 6. The van der Waals surface area contributed by atoms with Crippen LogP contribution in [-0.2, 0) is 0 Å². The van der Waals surface area contributed by atoms with Crippen LogP contribution in [-0.4, -0.2) is 23.7 Å². The molecule has 0 spiro atoms. The van der Waals surface area contributed by atoms with Crippen molar-refractivity contribution in [1.29, 1.82) is 0 Å². The van der Waals surface area contributed by atoms with Gasteiger partial charge in [-0.2, -0.15) is 11.8 Å². The van der Waals surface area contributed by atoms with Crippen LogP contribution in [0.2, 0.25) is 0 Å². The first kappa shape index (κ1) is 13.3. The van der Waals surface area contributed by atoms with E-state index in [1.165, 1.54) is 6.07 Å². The average Bonchev–Trinajstić information content (AvgIpc) is 2.24. The summed E-state index contributed by atoms with van der Waals surface area (Å²) in [5.74, 6) is 0.721. The highest BCUT2D eigenvalue weighted by molar-refractivity contribution is 7.98. The number of hydrogen-bond donors (Lipinski definition) is 2. The third-order valence-electron chi connectivity index (χ3n) is 2.43. The fourth-order valence-electron chi connectivity index (χ4n) is 1.51. The normalized spacial score (nSPS) is 12.7. The summed E-state index contributed by atoms with van der Waals surface area (Å²) in [7, 11) is 0. The van der Waals surface area contributed by atoms with Crippen molar-refractivity contribution in [3.05, 3.63) is 29.6 Å². The van der Waals surface area contributed by atoms with E-state index >= 15 is 0 Å². The summed E-state index contributed by atoms with van der Waals surface area (Å²) < 4.78 is 13.5. The number of halogens is 1. The first-order valence-electron chi connectivity index (χ1n) is 5.36. The molecule has 2 nitrogen and oxygen atoms in total. The zero-order valence-electron chi connectivity index (χ0n) is 9.66. The molecule has 1 aromatic carbocycles. The molecule has 90 valence electrons. The van der Waals surface area contributed by atoms with Gasteiger partial charge in [0, 0.05) is 17.7 Å². The van der Waals surface area contributed by atoms with Crippen molar-refractivity contribution in [2.75, 3.05) is 18.6 Å². The number of benzene rings is 1. The number of hydrogen-bond acceptors (Lipinski definition) is 3. The van der Waals surface area contributed by atoms with Gasteiger partial charge < -0.3 is 10.4 Å². The van der Waals surface area contributed by atoms with E-state index in [1.807, 2.05) is 18.7 Å². The Hall–Kier alpha value is -0.740. The van der Waals surface area contributed by atoms with Gasteiger partial charge in [0.1, 0.15) is 11.6 Å². The van der Waals surface area contributed by atoms with Gasteiger partial charge >= 0.3 is 0 Å². The number of phenols is 1. The summed E-state index contributed by atoms with van der Waals surface area (Å²) in [6.45, 7) is 2.80. The molecule has 0 saturated heterocycles. The summed E-state index contributed by atoms with van der Waals surface area (Å²) in [5, 5.41) is 12.4. The minimum Gasteiger partial charge on any atom is -0.508 e. The van der Waals surface area contributed by atoms with Crippen molar-refractivity contribution in [1.82, 2.24) is 5.32 Å². The minimum absolute atomic E-state index is 0.0255. The summed E-state index contributed by atoms with van der Waals surface area (Å²) in [4.78, 5) is 0. The third kappa shape index (κ3) is 4.02. The lowest BCUT2D eigenvalue weighted by molar-refractivity contribution is 0.463.